The molecule has 8 heavy (non-hydrogen) atoms. The maximum absolute atomic E-state index is 8.74. The molecule has 0 aliphatic rings. The van der Waals surface area contributed by atoms with E-state index in [1.165, 1.54) is 0 Å². The molecule has 0 atom stereocenters. The normalized spacial score (nSPS) is 3.00. The molecule has 0 amide bonds. The molecule has 0 aromatic heterocycles. The summed E-state index contributed by atoms with van der Waals surface area (Å²) >= 11 is 0. The van der Waals surface area contributed by atoms with Crippen molar-refractivity contribution < 1.29 is 36.6 Å². The molecule has 0 unspecified atom stereocenters. The van der Waals surface area contributed by atoms with Gasteiger partial charge in [-0.1, -0.05) is 0 Å². The number of hydrogen-bond donors (Lipinski definition) is 2. The van der Waals surface area contributed by atoms with Crippen molar-refractivity contribution in [2.24, 2.45) is 0 Å². The first-order chi connectivity index (χ1) is 1.73. The summed E-state index contributed by atoms with van der Waals surface area (Å²) in [7, 11) is -3.13. The molecular formula is H8AlKMnO4Si. The molecule has 0 fully saturated rings. The van der Waals surface area contributed by atoms with Crippen LogP contribution in [0.15, 0.2) is 0 Å². The minimum absolute atomic E-state index is 0. The van der Waals surface area contributed by atoms with E-state index in [-0.39, 0.29) is 91.3 Å². The fraction of sp³-hybridized carbons (Fsp3) is 0. The van der Waals surface area contributed by atoms with Crippen molar-refractivity contribution in [2.45, 2.75) is 0 Å². The summed E-state index contributed by atoms with van der Waals surface area (Å²) in [5.74, 6) is 0. The van der Waals surface area contributed by atoms with E-state index in [1.807, 2.05) is 0 Å². The first-order valence-corrected chi connectivity index (χ1v) is 1.95. The molecule has 0 saturated heterocycles. The van der Waals surface area contributed by atoms with E-state index in [0.717, 1.165) is 0 Å². The second-order valence-corrected chi connectivity index (χ2v) is 0.848. The first kappa shape index (κ1) is 31.8. The van der Waals surface area contributed by atoms with E-state index < -0.39 is 9.17 Å². The van der Waals surface area contributed by atoms with Crippen LogP contribution in [0.3, 0.4) is 0 Å². The van der Waals surface area contributed by atoms with E-state index in [0.29, 0.717) is 0 Å². The molecule has 0 bridgehead atoms. The molecule has 0 aromatic rings. The van der Waals surface area contributed by atoms with Crippen LogP contribution >= 0.6 is 0 Å². The zero-order valence-electron chi connectivity index (χ0n) is 2.68. The van der Waals surface area contributed by atoms with Crippen molar-refractivity contribution in [3.8, 4) is 0 Å². The van der Waals surface area contributed by atoms with Crippen molar-refractivity contribution >= 4 is 77.9 Å². The van der Waals surface area contributed by atoms with Gasteiger partial charge in [0.2, 0.25) is 0 Å². The van der Waals surface area contributed by atoms with E-state index in [2.05, 4.69) is 0 Å². The van der Waals surface area contributed by atoms with Gasteiger partial charge in [0.05, 0.1) is 0 Å². The number of hydrogen-bond acceptors (Lipinski definition) is 1. The Morgan fingerprint density at radius 3 is 1.25 bits per heavy atom. The molecule has 0 aromatic carbocycles. The predicted molar refractivity (Wildman–Crippen MR) is 31.6 cm³/mol. The second kappa shape index (κ2) is 22.8. The molecule has 0 aliphatic heterocycles. The molecule has 0 spiro atoms. The van der Waals surface area contributed by atoms with Crippen LogP contribution in [-0.2, 0) is 21.5 Å². The van der Waals surface area contributed by atoms with Crippen LogP contribution in [0.5, 0.6) is 0 Å². The first-order valence-electron chi connectivity index (χ1n) is 0.651. The van der Waals surface area contributed by atoms with Crippen molar-refractivity contribution in [2.75, 3.05) is 0 Å². The third-order valence-electron chi connectivity index (χ3n) is 0. The van der Waals surface area contributed by atoms with Gasteiger partial charge < -0.3 is 15.1 Å². The zero-order valence-corrected chi connectivity index (χ0v) is 4.86. The monoisotopic (exact) mass is 221 g/mol. The SMILES string of the molecule is O.O=[Si](O)O.[AlH3].[KH].[Mn]. The van der Waals surface area contributed by atoms with Gasteiger partial charge >= 0.3 is 60.6 Å². The Hall–Kier alpha value is 2.27. The predicted octanol–water partition coefficient (Wildman–Crippen LogP) is -4.27. The van der Waals surface area contributed by atoms with Gasteiger partial charge in [0.1, 0.15) is 0 Å². The topological polar surface area (TPSA) is 89.0 Å². The van der Waals surface area contributed by atoms with Crippen LogP contribution in [0.2, 0.25) is 0 Å². The molecule has 4 N–H and O–H groups in total. The molecular weight excluding hydrogens is 213 g/mol. The van der Waals surface area contributed by atoms with E-state index in [4.69, 9.17) is 14.1 Å². The van der Waals surface area contributed by atoms with Gasteiger partial charge in [0, 0.05) is 17.1 Å². The Morgan fingerprint density at radius 2 is 1.25 bits per heavy atom. The second-order valence-electron chi connectivity index (χ2n) is 0.283. The Morgan fingerprint density at radius 1 is 1.25 bits per heavy atom. The smallest absolute Gasteiger partial charge is 0 e. The van der Waals surface area contributed by atoms with Gasteiger partial charge in [-0.3, -0.25) is 4.46 Å². The molecule has 0 aliphatic carbocycles. The zero-order chi connectivity index (χ0) is 3.58. The van der Waals surface area contributed by atoms with Gasteiger partial charge in [-0.25, -0.2) is 0 Å². The van der Waals surface area contributed by atoms with Crippen LogP contribution in [-0.4, -0.2) is 93.0 Å². The van der Waals surface area contributed by atoms with Gasteiger partial charge in [-0.2, -0.15) is 0 Å². The van der Waals surface area contributed by atoms with Gasteiger partial charge in [-0.15, -0.1) is 0 Å². The Labute approximate surface area is 112 Å². The van der Waals surface area contributed by atoms with E-state index in [9.17, 15) is 0 Å². The van der Waals surface area contributed by atoms with Crippen LogP contribution in [0, 0.1) is 0 Å². The summed E-state index contributed by atoms with van der Waals surface area (Å²) in [5.41, 5.74) is 0. The molecule has 4 nitrogen and oxygen atoms in total. The summed E-state index contributed by atoms with van der Waals surface area (Å²) in [6.45, 7) is 0. The van der Waals surface area contributed by atoms with Crippen molar-refractivity contribution in [3.05, 3.63) is 0 Å². The summed E-state index contributed by atoms with van der Waals surface area (Å²) in [4.78, 5) is 14.3. The molecule has 0 heterocycles. The molecule has 1 radical (unpaired) electrons. The summed E-state index contributed by atoms with van der Waals surface area (Å²) in [6, 6.07) is 0. The average molecular weight is 221 g/mol. The molecule has 8 heteroatoms. The van der Waals surface area contributed by atoms with Gasteiger partial charge in [0.15, 0.2) is 17.4 Å². The largest absolute Gasteiger partial charge is 0 e. The van der Waals surface area contributed by atoms with Gasteiger partial charge in [-0.05, 0) is 0 Å². The molecule has 0 saturated carbocycles. The minimum atomic E-state index is -3.13. The Kier molecular flexibility index (Phi) is 90.7. The third-order valence-corrected chi connectivity index (χ3v) is 0. The van der Waals surface area contributed by atoms with Crippen molar-refractivity contribution in [1.82, 2.24) is 0 Å². The average Bonchev–Trinajstić information content (AvgIpc) is 0.811. The van der Waals surface area contributed by atoms with E-state index in [1.54, 1.807) is 0 Å². The molecule has 47 valence electrons. The Balaban J connectivity index is -0.00000000750. The third kappa shape index (κ3) is 85.0. The van der Waals surface area contributed by atoms with Crippen LogP contribution < -0.4 is 0 Å². The standard InChI is InChI=1S/Al.K.Mn.H2O3Si.H2O.4H/c;;;1-4(2)3;;;;;/h;;;1-2H;1H2;;;;. The minimum Gasteiger partial charge on any atom is 0 e. The van der Waals surface area contributed by atoms with Crippen molar-refractivity contribution in [1.29, 1.82) is 0 Å². The van der Waals surface area contributed by atoms with E-state index >= 15 is 0 Å². The maximum Gasteiger partial charge on any atom is 0 e. The van der Waals surface area contributed by atoms with Crippen LogP contribution in [0.25, 0.3) is 0 Å². The molecule has 0 rings (SSSR count). The van der Waals surface area contributed by atoms with Gasteiger partial charge in [0.25, 0.3) is 0 Å². The number of rotatable bonds is 0. The quantitative estimate of drug-likeness (QED) is 0.406. The summed E-state index contributed by atoms with van der Waals surface area (Å²) in [6.07, 6.45) is 0. The van der Waals surface area contributed by atoms with Crippen molar-refractivity contribution in [3.63, 3.8) is 0 Å². The Bertz CT molecular complexity index is 39.0. The fourth-order valence-corrected chi connectivity index (χ4v) is 0. The summed E-state index contributed by atoms with van der Waals surface area (Å²) < 4.78 is 8.74. The summed E-state index contributed by atoms with van der Waals surface area (Å²) in [5, 5.41) is 0. The fourth-order valence-electron chi connectivity index (χ4n) is 0. The maximum atomic E-state index is 8.74. The van der Waals surface area contributed by atoms with Crippen LogP contribution in [0.1, 0.15) is 0 Å². The van der Waals surface area contributed by atoms with Crippen LogP contribution in [0.4, 0.5) is 0 Å².